The van der Waals surface area contributed by atoms with Crippen LogP contribution >= 0.6 is 0 Å². The van der Waals surface area contributed by atoms with Crippen LogP contribution in [0.15, 0.2) is 0 Å². The first-order valence-corrected chi connectivity index (χ1v) is 7.70. The molecule has 1 saturated heterocycles. The molecule has 0 radical (unpaired) electrons. The normalized spacial score (nSPS) is 45.4. The zero-order chi connectivity index (χ0) is 11.7. The molecule has 1 aliphatic heterocycles. The van der Waals surface area contributed by atoms with E-state index in [2.05, 4.69) is 12.2 Å². The molecule has 17 heavy (non-hydrogen) atoms. The van der Waals surface area contributed by atoms with E-state index in [0.717, 1.165) is 30.4 Å². The van der Waals surface area contributed by atoms with Gasteiger partial charge in [0.25, 0.3) is 0 Å². The molecule has 3 aliphatic rings. The van der Waals surface area contributed by atoms with Crippen LogP contribution in [-0.4, -0.2) is 25.3 Å². The lowest BCUT2D eigenvalue weighted by molar-refractivity contribution is -0.000955. The lowest BCUT2D eigenvalue weighted by Gasteiger charge is -2.31. The van der Waals surface area contributed by atoms with Gasteiger partial charge in [0.15, 0.2) is 0 Å². The van der Waals surface area contributed by atoms with E-state index in [4.69, 9.17) is 4.74 Å². The van der Waals surface area contributed by atoms with Gasteiger partial charge in [-0.2, -0.15) is 0 Å². The van der Waals surface area contributed by atoms with Gasteiger partial charge in [0, 0.05) is 12.6 Å². The molecule has 3 rings (SSSR count). The molecule has 1 heterocycles. The maximum absolute atomic E-state index is 5.74. The van der Waals surface area contributed by atoms with Gasteiger partial charge in [-0.05, 0) is 62.8 Å². The Morgan fingerprint density at radius 2 is 2.06 bits per heavy atom. The SMILES string of the molecule is CCC1CC(NCC2CC3CCC2C3)CCO1. The van der Waals surface area contributed by atoms with Gasteiger partial charge in [-0.15, -0.1) is 0 Å². The maximum Gasteiger partial charge on any atom is 0.0587 e. The molecule has 2 heteroatoms. The molecule has 98 valence electrons. The van der Waals surface area contributed by atoms with Gasteiger partial charge in [-0.1, -0.05) is 13.3 Å². The first kappa shape index (κ1) is 12.0. The summed E-state index contributed by atoms with van der Waals surface area (Å²) in [6, 6.07) is 0.729. The summed E-state index contributed by atoms with van der Waals surface area (Å²) in [5.74, 6) is 3.15. The Balaban J connectivity index is 1.42. The third-order valence-electron chi connectivity index (χ3n) is 5.38. The zero-order valence-corrected chi connectivity index (χ0v) is 11.2. The molecule has 0 amide bonds. The highest BCUT2D eigenvalue weighted by Crippen LogP contribution is 2.48. The van der Waals surface area contributed by atoms with Gasteiger partial charge in [-0.3, -0.25) is 0 Å². The molecule has 0 aromatic heterocycles. The number of fused-ring (bicyclic) bond motifs is 2. The van der Waals surface area contributed by atoms with Crippen molar-refractivity contribution in [2.45, 2.75) is 64.0 Å². The highest BCUT2D eigenvalue weighted by Gasteiger charge is 2.39. The number of hydrogen-bond donors (Lipinski definition) is 1. The lowest BCUT2D eigenvalue weighted by Crippen LogP contribution is -2.41. The Kier molecular flexibility index (Phi) is 3.72. The predicted octanol–water partition coefficient (Wildman–Crippen LogP) is 2.97. The zero-order valence-electron chi connectivity index (χ0n) is 11.2. The van der Waals surface area contributed by atoms with Crippen molar-refractivity contribution in [2.75, 3.05) is 13.2 Å². The summed E-state index contributed by atoms with van der Waals surface area (Å²) in [5.41, 5.74) is 0. The summed E-state index contributed by atoms with van der Waals surface area (Å²) in [4.78, 5) is 0. The number of ether oxygens (including phenoxy) is 1. The molecule has 5 unspecified atom stereocenters. The van der Waals surface area contributed by atoms with Crippen molar-refractivity contribution in [2.24, 2.45) is 17.8 Å². The van der Waals surface area contributed by atoms with Crippen molar-refractivity contribution in [3.05, 3.63) is 0 Å². The fourth-order valence-electron chi connectivity index (χ4n) is 4.29. The summed E-state index contributed by atoms with van der Waals surface area (Å²) >= 11 is 0. The van der Waals surface area contributed by atoms with E-state index in [1.165, 1.54) is 51.5 Å². The quantitative estimate of drug-likeness (QED) is 0.811. The monoisotopic (exact) mass is 237 g/mol. The second-order valence-electron chi connectivity index (χ2n) is 6.47. The van der Waals surface area contributed by atoms with Crippen molar-refractivity contribution in [3.8, 4) is 0 Å². The van der Waals surface area contributed by atoms with Crippen LogP contribution in [0.4, 0.5) is 0 Å². The Bertz CT molecular complexity index is 255. The molecule has 2 saturated carbocycles. The molecule has 0 aromatic rings. The van der Waals surface area contributed by atoms with Crippen molar-refractivity contribution in [1.82, 2.24) is 5.32 Å². The molecule has 0 spiro atoms. The van der Waals surface area contributed by atoms with Crippen LogP contribution in [0, 0.1) is 17.8 Å². The summed E-state index contributed by atoms with van der Waals surface area (Å²) in [5, 5.41) is 3.83. The van der Waals surface area contributed by atoms with Gasteiger partial charge in [0.05, 0.1) is 6.10 Å². The van der Waals surface area contributed by atoms with E-state index in [1.54, 1.807) is 0 Å². The van der Waals surface area contributed by atoms with E-state index in [0.29, 0.717) is 6.10 Å². The van der Waals surface area contributed by atoms with Crippen LogP contribution in [-0.2, 0) is 4.74 Å². The van der Waals surface area contributed by atoms with E-state index >= 15 is 0 Å². The minimum Gasteiger partial charge on any atom is -0.378 e. The largest absolute Gasteiger partial charge is 0.378 e. The average molecular weight is 237 g/mol. The standard InChI is InChI=1S/C15H27NO/c1-2-15-9-14(5-6-17-15)16-10-13-8-11-3-4-12(13)7-11/h11-16H,2-10H2,1H3. The topological polar surface area (TPSA) is 21.3 Å². The van der Waals surface area contributed by atoms with E-state index in [-0.39, 0.29) is 0 Å². The average Bonchev–Trinajstić information content (AvgIpc) is 2.99. The highest BCUT2D eigenvalue weighted by atomic mass is 16.5. The minimum atomic E-state index is 0.515. The second kappa shape index (κ2) is 5.27. The Morgan fingerprint density at radius 3 is 2.76 bits per heavy atom. The molecule has 1 N–H and O–H groups in total. The van der Waals surface area contributed by atoms with Crippen molar-refractivity contribution in [1.29, 1.82) is 0 Å². The molecular formula is C15H27NO. The van der Waals surface area contributed by atoms with Gasteiger partial charge in [0.2, 0.25) is 0 Å². The van der Waals surface area contributed by atoms with Gasteiger partial charge in [-0.25, -0.2) is 0 Å². The summed E-state index contributed by atoms with van der Waals surface area (Å²) in [6.45, 7) is 4.48. The van der Waals surface area contributed by atoms with E-state index in [9.17, 15) is 0 Å². The number of hydrogen-bond acceptors (Lipinski definition) is 2. The highest BCUT2D eigenvalue weighted by molar-refractivity contribution is 4.91. The summed E-state index contributed by atoms with van der Waals surface area (Å²) < 4.78 is 5.74. The van der Waals surface area contributed by atoms with Crippen LogP contribution in [0.5, 0.6) is 0 Å². The first-order valence-electron chi connectivity index (χ1n) is 7.70. The van der Waals surface area contributed by atoms with E-state index < -0.39 is 0 Å². The maximum atomic E-state index is 5.74. The number of rotatable bonds is 4. The molecular weight excluding hydrogens is 210 g/mol. The Hall–Kier alpha value is -0.0800. The molecule has 0 aromatic carbocycles. The van der Waals surface area contributed by atoms with Crippen LogP contribution in [0.2, 0.25) is 0 Å². The van der Waals surface area contributed by atoms with Crippen molar-refractivity contribution < 1.29 is 4.74 Å². The fourth-order valence-corrected chi connectivity index (χ4v) is 4.29. The molecule has 5 atom stereocenters. The Morgan fingerprint density at radius 1 is 1.12 bits per heavy atom. The minimum absolute atomic E-state index is 0.515. The van der Waals surface area contributed by atoms with Crippen LogP contribution < -0.4 is 5.32 Å². The molecule has 2 aliphatic carbocycles. The van der Waals surface area contributed by atoms with Crippen LogP contribution in [0.3, 0.4) is 0 Å². The van der Waals surface area contributed by atoms with Crippen LogP contribution in [0.1, 0.15) is 51.9 Å². The summed E-state index contributed by atoms with van der Waals surface area (Å²) in [6.07, 6.45) is 10.2. The van der Waals surface area contributed by atoms with Crippen molar-refractivity contribution >= 4 is 0 Å². The summed E-state index contributed by atoms with van der Waals surface area (Å²) in [7, 11) is 0. The van der Waals surface area contributed by atoms with Crippen LogP contribution in [0.25, 0.3) is 0 Å². The van der Waals surface area contributed by atoms with Gasteiger partial charge < -0.3 is 10.1 Å². The van der Waals surface area contributed by atoms with Gasteiger partial charge >= 0.3 is 0 Å². The lowest BCUT2D eigenvalue weighted by atomic mass is 9.88. The third kappa shape index (κ3) is 2.68. The van der Waals surface area contributed by atoms with Gasteiger partial charge in [0.1, 0.15) is 0 Å². The molecule has 2 nitrogen and oxygen atoms in total. The smallest absolute Gasteiger partial charge is 0.0587 e. The second-order valence-corrected chi connectivity index (χ2v) is 6.47. The fraction of sp³-hybridized carbons (Fsp3) is 1.00. The number of nitrogens with one attached hydrogen (secondary N) is 1. The Labute approximate surface area is 105 Å². The predicted molar refractivity (Wildman–Crippen MR) is 70.0 cm³/mol. The molecule has 2 bridgehead atoms. The van der Waals surface area contributed by atoms with E-state index in [1.807, 2.05) is 0 Å². The third-order valence-corrected chi connectivity index (χ3v) is 5.38. The molecule has 3 fully saturated rings. The van der Waals surface area contributed by atoms with Crippen molar-refractivity contribution in [3.63, 3.8) is 0 Å². The first-order chi connectivity index (χ1) is 8.35.